The molecule has 0 atom stereocenters. The first kappa shape index (κ1) is 19.2. The SMILES string of the molecule is CN(CC(C)(CO)CO)C(=O)/C=C/c1ccc(C(F)(F)F)cc1. The van der Waals surface area contributed by atoms with Gasteiger partial charge in [-0.15, -0.1) is 0 Å². The van der Waals surface area contributed by atoms with Crippen LogP contribution in [0.4, 0.5) is 13.2 Å². The van der Waals surface area contributed by atoms with E-state index in [1.165, 1.54) is 36.2 Å². The lowest BCUT2D eigenvalue weighted by Gasteiger charge is -2.29. The second-order valence-electron chi connectivity index (χ2n) is 5.77. The summed E-state index contributed by atoms with van der Waals surface area (Å²) in [7, 11) is 1.52. The van der Waals surface area contributed by atoms with Gasteiger partial charge in [0.15, 0.2) is 0 Å². The van der Waals surface area contributed by atoms with E-state index in [-0.39, 0.29) is 25.7 Å². The molecule has 0 aliphatic heterocycles. The van der Waals surface area contributed by atoms with Crippen molar-refractivity contribution in [3.05, 3.63) is 41.5 Å². The third-order valence-corrected chi connectivity index (χ3v) is 3.41. The molecule has 0 aliphatic carbocycles. The summed E-state index contributed by atoms with van der Waals surface area (Å²) in [5.41, 5.74) is -1.10. The number of alkyl halides is 3. The number of hydrogen-bond acceptors (Lipinski definition) is 3. The molecular formula is C16H20F3NO3. The van der Waals surface area contributed by atoms with E-state index in [9.17, 15) is 28.2 Å². The number of aliphatic hydroxyl groups is 2. The van der Waals surface area contributed by atoms with Gasteiger partial charge in [0, 0.05) is 25.1 Å². The summed E-state index contributed by atoms with van der Waals surface area (Å²) in [5, 5.41) is 18.4. The van der Waals surface area contributed by atoms with E-state index in [0.29, 0.717) is 5.56 Å². The third-order valence-electron chi connectivity index (χ3n) is 3.41. The van der Waals surface area contributed by atoms with Gasteiger partial charge in [0.1, 0.15) is 0 Å². The quantitative estimate of drug-likeness (QED) is 0.786. The van der Waals surface area contributed by atoms with Crippen molar-refractivity contribution in [2.24, 2.45) is 5.41 Å². The molecule has 0 bridgehead atoms. The van der Waals surface area contributed by atoms with Gasteiger partial charge in [0.25, 0.3) is 0 Å². The second kappa shape index (κ2) is 7.61. The first-order valence-corrected chi connectivity index (χ1v) is 6.93. The average molecular weight is 331 g/mol. The van der Waals surface area contributed by atoms with E-state index in [2.05, 4.69) is 0 Å². The number of aliphatic hydroxyl groups excluding tert-OH is 2. The van der Waals surface area contributed by atoms with Crippen molar-refractivity contribution in [1.82, 2.24) is 4.90 Å². The molecule has 0 heterocycles. The molecule has 0 saturated carbocycles. The molecule has 1 rings (SSSR count). The Morgan fingerprint density at radius 1 is 1.17 bits per heavy atom. The molecule has 4 nitrogen and oxygen atoms in total. The van der Waals surface area contributed by atoms with E-state index in [1.807, 2.05) is 0 Å². The van der Waals surface area contributed by atoms with Gasteiger partial charge in [-0.3, -0.25) is 4.79 Å². The van der Waals surface area contributed by atoms with Crippen molar-refractivity contribution in [3.63, 3.8) is 0 Å². The minimum Gasteiger partial charge on any atom is -0.396 e. The minimum atomic E-state index is -4.39. The van der Waals surface area contributed by atoms with Crippen molar-refractivity contribution in [1.29, 1.82) is 0 Å². The van der Waals surface area contributed by atoms with Gasteiger partial charge < -0.3 is 15.1 Å². The molecule has 0 unspecified atom stereocenters. The lowest BCUT2D eigenvalue weighted by molar-refractivity contribution is -0.137. The second-order valence-corrected chi connectivity index (χ2v) is 5.77. The number of carbonyl (C=O) groups excluding carboxylic acids is 1. The van der Waals surface area contributed by atoms with Crippen molar-refractivity contribution in [2.45, 2.75) is 13.1 Å². The maximum absolute atomic E-state index is 12.4. The monoisotopic (exact) mass is 331 g/mol. The zero-order chi connectivity index (χ0) is 17.7. The van der Waals surface area contributed by atoms with Gasteiger partial charge in [-0.05, 0) is 23.8 Å². The number of carbonyl (C=O) groups is 1. The van der Waals surface area contributed by atoms with Gasteiger partial charge in [0.2, 0.25) is 5.91 Å². The van der Waals surface area contributed by atoms with Crippen LogP contribution in [-0.4, -0.2) is 47.8 Å². The van der Waals surface area contributed by atoms with Crippen LogP contribution in [0.3, 0.4) is 0 Å². The van der Waals surface area contributed by atoms with Crippen molar-refractivity contribution in [3.8, 4) is 0 Å². The predicted octanol–water partition coefficient (Wildman–Crippen LogP) is 2.17. The number of nitrogens with zero attached hydrogens (tertiary/aromatic N) is 1. The maximum atomic E-state index is 12.4. The highest BCUT2D eigenvalue weighted by Crippen LogP contribution is 2.29. The highest BCUT2D eigenvalue weighted by molar-refractivity contribution is 5.91. The van der Waals surface area contributed by atoms with Gasteiger partial charge in [-0.1, -0.05) is 19.1 Å². The summed E-state index contributed by atoms with van der Waals surface area (Å²) in [6.07, 6.45) is -1.75. The molecule has 1 aromatic carbocycles. The molecule has 128 valence electrons. The summed E-state index contributed by atoms with van der Waals surface area (Å²) < 4.78 is 37.3. The molecule has 1 amide bonds. The Labute approximate surface area is 132 Å². The Kier molecular flexibility index (Phi) is 6.35. The topological polar surface area (TPSA) is 60.8 Å². The number of likely N-dealkylation sites (N-methyl/N-ethyl adjacent to an activating group) is 1. The van der Waals surface area contributed by atoms with Crippen LogP contribution in [0.25, 0.3) is 6.08 Å². The fourth-order valence-electron chi connectivity index (χ4n) is 1.88. The number of benzene rings is 1. The Morgan fingerprint density at radius 2 is 1.70 bits per heavy atom. The molecule has 0 saturated heterocycles. The lowest BCUT2D eigenvalue weighted by Crippen LogP contribution is -2.41. The first-order chi connectivity index (χ1) is 10.6. The first-order valence-electron chi connectivity index (χ1n) is 6.93. The molecule has 0 fully saturated rings. The Morgan fingerprint density at radius 3 is 2.13 bits per heavy atom. The van der Waals surface area contributed by atoms with E-state index >= 15 is 0 Å². The number of hydrogen-bond donors (Lipinski definition) is 2. The molecule has 2 N–H and O–H groups in total. The largest absolute Gasteiger partial charge is 0.416 e. The van der Waals surface area contributed by atoms with Gasteiger partial charge in [-0.2, -0.15) is 13.2 Å². The normalized spacial score (nSPS) is 12.7. The van der Waals surface area contributed by atoms with Crippen LogP contribution in [0.2, 0.25) is 0 Å². The zero-order valence-electron chi connectivity index (χ0n) is 13.0. The highest BCUT2D eigenvalue weighted by atomic mass is 19.4. The van der Waals surface area contributed by atoms with Crippen LogP contribution in [-0.2, 0) is 11.0 Å². The number of rotatable bonds is 6. The van der Waals surface area contributed by atoms with E-state index < -0.39 is 17.2 Å². The van der Waals surface area contributed by atoms with Gasteiger partial charge in [-0.25, -0.2) is 0 Å². The predicted molar refractivity (Wildman–Crippen MR) is 80.4 cm³/mol. The summed E-state index contributed by atoms with van der Waals surface area (Å²) in [6.45, 7) is 1.24. The van der Waals surface area contributed by atoms with Crippen LogP contribution < -0.4 is 0 Å². The minimum absolute atomic E-state index is 0.149. The molecule has 0 spiro atoms. The molecule has 0 aliphatic rings. The summed E-state index contributed by atoms with van der Waals surface area (Å²) >= 11 is 0. The molecule has 0 radical (unpaired) electrons. The Hall–Kier alpha value is -1.86. The van der Waals surface area contributed by atoms with Crippen LogP contribution in [0.1, 0.15) is 18.1 Å². The van der Waals surface area contributed by atoms with Crippen molar-refractivity contribution < 1.29 is 28.2 Å². The third kappa shape index (κ3) is 5.69. The van der Waals surface area contributed by atoms with Crippen molar-refractivity contribution in [2.75, 3.05) is 26.8 Å². The summed E-state index contributed by atoms with van der Waals surface area (Å²) in [4.78, 5) is 13.3. The van der Waals surface area contributed by atoms with Crippen LogP contribution in [0.5, 0.6) is 0 Å². The standard InChI is InChI=1S/C16H20F3NO3/c1-15(10-21,11-22)9-20(2)14(23)8-5-12-3-6-13(7-4-12)16(17,18)19/h3-8,21-22H,9-11H2,1-2H3/b8-5+. The molecule has 23 heavy (non-hydrogen) atoms. The van der Waals surface area contributed by atoms with Crippen molar-refractivity contribution >= 4 is 12.0 Å². The van der Waals surface area contributed by atoms with Crippen LogP contribution in [0, 0.1) is 5.41 Å². The Balaban J connectivity index is 2.71. The summed E-state index contributed by atoms with van der Waals surface area (Å²) in [5.74, 6) is -0.377. The van der Waals surface area contributed by atoms with Gasteiger partial charge in [0.05, 0.1) is 18.8 Å². The molecule has 1 aromatic rings. The van der Waals surface area contributed by atoms with E-state index in [4.69, 9.17) is 0 Å². The zero-order valence-corrected chi connectivity index (χ0v) is 13.0. The molecule has 7 heteroatoms. The summed E-state index contributed by atoms with van der Waals surface area (Å²) in [6, 6.07) is 4.45. The lowest BCUT2D eigenvalue weighted by atomic mass is 9.92. The van der Waals surface area contributed by atoms with E-state index in [0.717, 1.165) is 12.1 Å². The number of amides is 1. The fraction of sp³-hybridized carbons (Fsp3) is 0.438. The van der Waals surface area contributed by atoms with E-state index in [1.54, 1.807) is 6.92 Å². The average Bonchev–Trinajstić information content (AvgIpc) is 2.51. The smallest absolute Gasteiger partial charge is 0.396 e. The maximum Gasteiger partial charge on any atom is 0.416 e. The van der Waals surface area contributed by atoms with Gasteiger partial charge >= 0.3 is 6.18 Å². The Bertz CT molecular complexity index is 549. The number of halogens is 3. The fourth-order valence-corrected chi connectivity index (χ4v) is 1.88. The highest BCUT2D eigenvalue weighted by Gasteiger charge is 2.29. The molecule has 0 aromatic heterocycles. The van der Waals surface area contributed by atoms with Crippen LogP contribution in [0.15, 0.2) is 30.3 Å². The molecular weight excluding hydrogens is 311 g/mol. The van der Waals surface area contributed by atoms with Crippen LogP contribution >= 0.6 is 0 Å².